The summed E-state index contributed by atoms with van der Waals surface area (Å²) in [5.74, 6) is 6.38. The highest BCUT2D eigenvalue weighted by Gasteiger charge is 2.20. The fourth-order valence-corrected chi connectivity index (χ4v) is 2.86. The molecule has 0 radical (unpaired) electrons. The number of anilines is 1. The second kappa shape index (κ2) is 5.69. The molecule has 108 valence electrons. The number of hydrogen-bond acceptors (Lipinski definition) is 4. The fourth-order valence-electron chi connectivity index (χ4n) is 2.30. The maximum absolute atomic E-state index is 6.04. The van der Waals surface area contributed by atoms with Crippen molar-refractivity contribution in [1.82, 2.24) is 5.43 Å². The lowest BCUT2D eigenvalue weighted by molar-refractivity contribution is 0.478. The average molecular weight is 367 g/mol. The Hall–Kier alpha value is -1.53. The number of benzene rings is 2. The van der Waals surface area contributed by atoms with Crippen molar-refractivity contribution in [2.75, 3.05) is 5.73 Å². The van der Waals surface area contributed by atoms with Gasteiger partial charge in [-0.1, -0.05) is 27.5 Å². The van der Waals surface area contributed by atoms with Crippen molar-refractivity contribution in [3.8, 4) is 0 Å². The number of hydrazine groups is 1. The van der Waals surface area contributed by atoms with E-state index in [0.717, 1.165) is 21.0 Å². The third-order valence-corrected chi connectivity index (χ3v) is 4.04. The summed E-state index contributed by atoms with van der Waals surface area (Å²) in [6.07, 6.45) is 0. The summed E-state index contributed by atoms with van der Waals surface area (Å²) in [6, 6.07) is 12.7. The van der Waals surface area contributed by atoms with Gasteiger partial charge >= 0.3 is 0 Å². The van der Waals surface area contributed by atoms with Crippen LogP contribution < -0.4 is 17.0 Å². The molecular formula is C15H13BrClN3O. The molecule has 2 aromatic carbocycles. The van der Waals surface area contributed by atoms with Crippen LogP contribution in [0, 0.1) is 0 Å². The molecular weight excluding hydrogens is 354 g/mol. The van der Waals surface area contributed by atoms with Gasteiger partial charge in [0.2, 0.25) is 0 Å². The zero-order valence-corrected chi connectivity index (χ0v) is 13.3. The van der Waals surface area contributed by atoms with Crippen LogP contribution in [0.3, 0.4) is 0 Å². The van der Waals surface area contributed by atoms with Crippen LogP contribution in [0.25, 0.3) is 11.0 Å². The van der Waals surface area contributed by atoms with Gasteiger partial charge in [-0.25, -0.2) is 5.43 Å². The molecule has 4 nitrogen and oxygen atoms in total. The van der Waals surface area contributed by atoms with Crippen LogP contribution in [0.5, 0.6) is 0 Å². The minimum absolute atomic E-state index is 0.339. The van der Waals surface area contributed by atoms with E-state index in [1.54, 1.807) is 6.07 Å². The van der Waals surface area contributed by atoms with Crippen LogP contribution in [0.2, 0.25) is 5.02 Å². The van der Waals surface area contributed by atoms with Crippen LogP contribution in [0.15, 0.2) is 51.4 Å². The van der Waals surface area contributed by atoms with Gasteiger partial charge in [-0.15, -0.1) is 0 Å². The maximum Gasteiger partial charge on any atom is 0.134 e. The molecule has 0 aliphatic carbocycles. The first-order valence-electron chi connectivity index (χ1n) is 6.28. The Morgan fingerprint density at radius 2 is 1.95 bits per heavy atom. The summed E-state index contributed by atoms with van der Waals surface area (Å²) in [5, 5.41) is 1.58. The van der Waals surface area contributed by atoms with Gasteiger partial charge < -0.3 is 10.2 Å². The summed E-state index contributed by atoms with van der Waals surface area (Å²) in [4.78, 5) is 0. The number of nitrogens with one attached hydrogen (secondary N) is 1. The van der Waals surface area contributed by atoms with Crippen molar-refractivity contribution in [3.05, 3.63) is 63.3 Å². The quantitative estimate of drug-likeness (QED) is 0.372. The van der Waals surface area contributed by atoms with E-state index in [4.69, 9.17) is 27.6 Å². The summed E-state index contributed by atoms with van der Waals surface area (Å²) < 4.78 is 6.78. The smallest absolute Gasteiger partial charge is 0.134 e. The molecule has 0 aliphatic rings. The minimum Gasteiger partial charge on any atom is -0.459 e. The molecule has 0 saturated carbocycles. The molecule has 0 amide bonds. The van der Waals surface area contributed by atoms with Gasteiger partial charge in [0.25, 0.3) is 0 Å². The van der Waals surface area contributed by atoms with Gasteiger partial charge in [0, 0.05) is 26.1 Å². The summed E-state index contributed by atoms with van der Waals surface area (Å²) in [5.41, 5.74) is 11.0. The van der Waals surface area contributed by atoms with Crippen LogP contribution in [0.4, 0.5) is 5.69 Å². The molecule has 1 heterocycles. The van der Waals surface area contributed by atoms with Gasteiger partial charge in [0.1, 0.15) is 17.4 Å². The SMILES string of the molecule is NNC(c1cc2cc(Cl)ccc2o1)c1cc(Br)ccc1N. The monoisotopic (exact) mass is 365 g/mol. The first kappa shape index (κ1) is 14.4. The maximum atomic E-state index is 6.04. The van der Waals surface area contributed by atoms with Crippen molar-refractivity contribution >= 4 is 44.2 Å². The van der Waals surface area contributed by atoms with E-state index < -0.39 is 0 Å². The zero-order chi connectivity index (χ0) is 15.0. The van der Waals surface area contributed by atoms with Crippen molar-refractivity contribution in [3.63, 3.8) is 0 Å². The van der Waals surface area contributed by atoms with Crippen LogP contribution in [-0.4, -0.2) is 0 Å². The van der Waals surface area contributed by atoms with Crippen molar-refractivity contribution in [1.29, 1.82) is 0 Å². The third-order valence-electron chi connectivity index (χ3n) is 3.31. The van der Waals surface area contributed by atoms with Gasteiger partial charge in [0.05, 0.1) is 0 Å². The third kappa shape index (κ3) is 2.78. The van der Waals surface area contributed by atoms with Gasteiger partial charge in [-0.3, -0.25) is 5.84 Å². The minimum atomic E-state index is -0.339. The molecule has 3 aromatic rings. The van der Waals surface area contributed by atoms with Crippen LogP contribution in [0.1, 0.15) is 17.4 Å². The van der Waals surface area contributed by atoms with Crippen molar-refractivity contribution < 1.29 is 4.42 Å². The van der Waals surface area contributed by atoms with Crippen molar-refractivity contribution in [2.45, 2.75) is 6.04 Å². The highest BCUT2D eigenvalue weighted by molar-refractivity contribution is 9.10. The Bertz CT molecular complexity index is 803. The number of nitrogens with two attached hydrogens (primary N) is 2. The predicted molar refractivity (Wildman–Crippen MR) is 88.9 cm³/mol. The molecule has 0 bridgehead atoms. The Balaban J connectivity index is 2.11. The predicted octanol–water partition coefficient (Wildman–Crippen LogP) is 3.98. The van der Waals surface area contributed by atoms with Gasteiger partial charge in [-0.2, -0.15) is 0 Å². The lowest BCUT2D eigenvalue weighted by Crippen LogP contribution is -2.29. The van der Waals surface area contributed by atoms with E-state index in [1.165, 1.54) is 0 Å². The normalized spacial score (nSPS) is 12.7. The van der Waals surface area contributed by atoms with E-state index in [1.807, 2.05) is 36.4 Å². The molecule has 1 aromatic heterocycles. The standard InChI is InChI=1S/C15H13BrClN3O/c16-9-1-3-12(18)11(7-9)15(20-19)14-6-8-5-10(17)2-4-13(8)21-14/h1-7,15,20H,18-19H2. The lowest BCUT2D eigenvalue weighted by atomic mass is 10.0. The Morgan fingerprint density at radius 3 is 2.71 bits per heavy atom. The molecule has 1 atom stereocenters. The molecule has 6 heteroatoms. The largest absolute Gasteiger partial charge is 0.459 e. The Morgan fingerprint density at radius 1 is 1.14 bits per heavy atom. The lowest BCUT2D eigenvalue weighted by Gasteiger charge is -2.16. The highest BCUT2D eigenvalue weighted by Crippen LogP contribution is 2.33. The number of furan rings is 1. The van der Waals surface area contributed by atoms with Crippen LogP contribution in [-0.2, 0) is 0 Å². The summed E-state index contributed by atoms with van der Waals surface area (Å²) >= 11 is 9.43. The van der Waals surface area contributed by atoms with Gasteiger partial charge in [-0.05, 0) is 42.5 Å². The van der Waals surface area contributed by atoms with E-state index in [0.29, 0.717) is 16.5 Å². The second-order valence-electron chi connectivity index (χ2n) is 4.70. The second-order valence-corrected chi connectivity index (χ2v) is 6.06. The molecule has 0 fully saturated rings. The highest BCUT2D eigenvalue weighted by atomic mass is 79.9. The number of fused-ring (bicyclic) bond motifs is 1. The Kier molecular flexibility index (Phi) is 3.91. The molecule has 0 spiro atoms. The van der Waals surface area contributed by atoms with Crippen molar-refractivity contribution in [2.24, 2.45) is 5.84 Å². The van der Waals surface area contributed by atoms with E-state index in [2.05, 4.69) is 21.4 Å². The zero-order valence-electron chi connectivity index (χ0n) is 10.9. The summed E-state index contributed by atoms with van der Waals surface area (Å²) in [7, 11) is 0. The molecule has 3 rings (SSSR count). The number of nitrogen functional groups attached to an aromatic ring is 1. The first-order chi connectivity index (χ1) is 10.1. The topological polar surface area (TPSA) is 77.2 Å². The fraction of sp³-hybridized carbons (Fsp3) is 0.0667. The Labute approximate surface area is 135 Å². The molecule has 0 saturated heterocycles. The van der Waals surface area contributed by atoms with E-state index >= 15 is 0 Å². The molecule has 0 aliphatic heterocycles. The van der Waals surface area contributed by atoms with E-state index in [-0.39, 0.29) is 6.04 Å². The first-order valence-corrected chi connectivity index (χ1v) is 7.45. The van der Waals surface area contributed by atoms with E-state index in [9.17, 15) is 0 Å². The summed E-state index contributed by atoms with van der Waals surface area (Å²) in [6.45, 7) is 0. The van der Waals surface area contributed by atoms with Gasteiger partial charge in [0.15, 0.2) is 0 Å². The number of rotatable bonds is 3. The molecule has 5 N–H and O–H groups in total. The molecule has 1 unspecified atom stereocenters. The number of hydrogen-bond donors (Lipinski definition) is 3. The number of halogens is 2. The van der Waals surface area contributed by atoms with Crippen LogP contribution >= 0.6 is 27.5 Å². The molecule has 21 heavy (non-hydrogen) atoms. The average Bonchev–Trinajstić information content (AvgIpc) is 2.86.